The van der Waals surface area contributed by atoms with Crippen LogP contribution >= 0.6 is 0 Å². The summed E-state index contributed by atoms with van der Waals surface area (Å²) in [5.41, 5.74) is 6.85. The number of nitrogens with one attached hydrogen (secondary N) is 1. The first-order valence-electron chi connectivity index (χ1n) is 5.20. The zero-order chi connectivity index (χ0) is 10.8. The van der Waals surface area contributed by atoms with Gasteiger partial charge in [-0.05, 0) is 12.3 Å². The molecular formula is C11H21N3. The first-order chi connectivity index (χ1) is 6.45. The van der Waals surface area contributed by atoms with Crippen molar-refractivity contribution < 1.29 is 0 Å². The number of aromatic nitrogens is 2. The van der Waals surface area contributed by atoms with E-state index in [1.54, 1.807) is 0 Å². The summed E-state index contributed by atoms with van der Waals surface area (Å²) >= 11 is 0. The third kappa shape index (κ3) is 2.58. The highest BCUT2D eigenvalue weighted by Crippen LogP contribution is 2.18. The highest BCUT2D eigenvalue weighted by atomic mass is 14.9. The summed E-state index contributed by atoms with van der Waals surface area (Å²) in [6.45, 7) is 9.22. The molecule has 1 aromatic heterocycles. The van der Waals surface area contributed by atoms with E-state index >= 15 is 0 Å². The van der Waals surface area contributed by atoms with E-state index in [0.717, 1.165) is 12.2 Å². The second-order valence-corrected chi connectivity index (χ2v) is 4.94. The number of imidazole rings is 1. The van der Waals surface area contributed by atoms with Crippen LogP contribution in [0.4, 0.5) is 0 Å². The third-order valence-electron chi connectivity index (χ3n) is 2.41. The van der Waals surface area contributed by atoms with Crippen molar-refractivity contribution in [3.8, 4) is 0 Å². The van der Waals surface area contributed by atoms with E-state index in [1.165, 1.54) is 5.69 Å². The van der Waals surface area contributed by atoms with E-state index in [0.29, 0.717) is 12.5 Å². The normalized spacial score (nSPS) is 12.4. The number of aromatic amines is 1. The van der Waals surface area contributed by atoms with Crippen molar-refractivity contribution in [3.63, 3.8) is 0 Å². The second kappa shape index (κ2) is 4.13. The fourth-order valence-corrected chi connectivity index (χ4v) is 1.34. The first kappa shape index (κ1) is 11.2. The molecule has 0 fully saturated rings. The largest absolute Gasteiger partial charge is 0.345 e. The molecule has 0 saturated carbocycles. The van der Waals surface area contributed by atoms with Gasteiger partial charge in [-0.25, -0.2) is 4.98 Å². The summed E-state index contributed by atoms with van der Waals surface area (Å²) in [6, 6.07) is 0. The monoisotopic (exact) mass is 195 g/mol. The predicted octanol–water partition coefficient (Wildman–Crippen LogP) is 1.84. The van der Waals surface area contributed by atoms with Crippen molar-refractivity contribution in [2.45, 2.75) is 39.5 Å². The number of hydrogen-bond acceptors (Lipinski definition) is 2. The molecule has 14 heavy (non-hydrogen) atoms. The molecule has 1 aromatic rings. The van der Waals surface area contributed by atoms with Gasteiger partial charge in [0.15, 0.2) is 0 Å². The van der Waals surface area contributed by atoms with Crippen LogP contribution in [0.15, 0.2) is 6.20 Å². The third-order valence-corrected chi connectivity index (χ3v) is 2.41. The number of nitrogens with zero attached hydrogens (tertiary/aromatic N) is 1. The smallest absolute Gasteiger partial charge is 0.113 e. The molecule has 0 amide bonds. The summed E-state index contributed by atoms with van der Waals surface area (Å²) in [5, 5.41) is 0. The molecule has 3 N–H and O–H groups in total. The van der Waals surface area contributed by atoms with Gasteiger partial charge in [-0.3, -0.25) is 0 Å². The van der Waals surface area contributed by atoms with Gasteiger partial charge < -0.3 is 10.7 Å². The average molecular weight is 195 g/mol. The molecule has 0 aliphatic carbocycles. The van der Waals surface area contributed by atoms with E-state index in [1.807, 2.05) is 6.20 Å². The van der Waals surface area contributed by atoms with E-state index < -0.39 is 0 Å². The topological polar surface area (TPSA) is 54.7 Å². The van der Waals surface area contributed by atoms with Gasteiger partial charge in [-0.2, -0.15) is 0 Å². The van der Waals surface area contributed by atoms with Gasteiger partial charge in [0.1, 0.15) is 5.82 Å². The molecule has 0 bridgehead atoms. The Balaban J connectivity index is 2.77. The zero-order valence-corrected chi connectivity index (χ0v) is 9.59. The molecule has 0 unspecified atom stereocenters. The lowest BCUT2D eigenvalue weighted by atomic mass is 9.93. The molecule has 0 saturated heterocycles. The maximum absolute atomic E-state index is 5.69. The van der Waals surface area contributed by atoms with Crippen molar-refractivity contribution in [1.82, 2.24) is 9.97 Å². The van der Waals surface area contributed by atoms with Crippen LogP contribution in [0.5, 0.6) is 0 Å². The van der Waals surface area contributed by atoms with Gasteiger partial charge in [0, 0.05) is 23.9 Å². The lowest BCUT2D eigenvalue weighted by Gasteiger charge is -2.19. The summed E-state index contributed by atoms with van der Waals surface area (Å²) < 4.78 is 0. The van der Waals surface area contributed by atoms with Gasteiger partial charge in [0.05, 0.1) is 0 Å². The van der Waals surface area contributed by atoms with E-state index in [2.05, 4.69) is 37.7 Å². The Morgan fingerprint density at radius 2 is 2.14 bits per heavy atom. The van der Waals surface area contributed by atoms with E-state index in [9.17, 15) is 0 Å². The molecule has 0 aromatic carbocycles. The Morgan fingerprint density at radius 3 is 2.64 bits per heavy atom. The zero-order valence-electron chi connectivity index (χ0n) is 9.59. The summed E-state index contributed by atoms with van der Waals surface area (Å²) in [5.74, 6) is 1.65. The minimum Gasteiger partial charge on any atom is -0.345 e. The lowest BCUT2D eigenvalue weighted by molar-refractivity contribution is 0.505. The van der Waals surface area contributed by atoms with Crippen molar-refractivity contribution in [3.05, 3.63) is 17.7 Å². The van der Waals surface area contributed by atoms with Crippen LogP contribution in [-0.4, -0.2) is 16.5 Å². The highest BCUT2D eigenvalue weighted by Gasteiger charge is 2.21. The molecule has 3 heteroatoms. The molecule has 0 aliphatic rings. The molecule has 0 radical (unpaired) electrons. The van der Waals surface area contributed by atoms with Gasteiger partial charge in [0.25, 0.3) is 0 Å². The van der Waals surface area contributed by atoms with Crippen LogP contribution in [0.1, 0.15) is 39.2 Å². The molecular weight excluding hydrogens is 174 g/mol. The molecule has 1 rings (SSSR count). The van der Waals surface area contributed by atoms with Crippen LogP contribution in [0.25, 0.3) is 0 Å². The van der Waals surface area contributed by atoms with Crippen molar-refractivity contribution >= 4 is 0 Å². The fourth-order valence-electron chi connectivity index (χ4n) is 1.34. The Morgan fingerprint density at radius 1 is 1.50 bits per heavy atom. The van der Waals surface area contributed by atoms with Gasteiger partial charge in [0.2, 0.25) is 0 Å². The molecule has 3 nitrogen and oxygen atoms in total. The van der Waals surface area contributed by atoms with Crippen molar-refractivity contribution in [2.24, 2.45) is 11.7 Å². The van der Waals surface area contributed by atoms with Crippen molar-refractivity contribution in [2.75, 3.05) is 6.54 Å². The molecule has 80 valence electrons. The van der Waals surface area contributed by atoms with Crippen LogP contribution in [0.3, 0.4) is 0 Å². The Bertz CT molecular complexity index is 286. The van der Waals surface area contributed by atoms with Gasteiger partial charge in [-0.15, -0.1) is 0 Å². The molecule has 0 atom stereocenters. The fraction of sp³-hybridized carbons (Fsp3) is 0.727. The number of rotatable bonds is 4. The SMILES string of the molecule is CC(C)Cc1cnc(C(C)(C)CN)[nH]1. The Hall–Kier alpha value is -0.830. The maximum atomic E-state index is 5.69. The Labute approximate surface area is 86.1 Å². The van der Waals surface area contributed by atoms with Gasteiger partial charge in [-0.1, -0.05) is 27.7 Å². The van der Waals surface area contributed by atoms with Crippen LogP contribution in [0.2, 0.25) is 0 Å². The van der Waals surface area contributed by atoms with Crippen LogP contribution in [-0.2, 0) is 11.8 Å². The van der Waals surface area contributed by atoms with Gasteiger partial charge >= 0.3 is 0 Å². The number of H-pyrrole nitrogens is 1. The van der Waals surface area contributed by atoms with Crippen molar-refractivity contribution in [1.29, 1.82) is 0 Å². The first-order valence-corrected chi connectivity index (χ1v) is 5.20. The number of nitrogens with two attached hydrogens (primary N) is 1. The predicted molar refractivity (Wildman–Crippen MR) is 59.2 cm³/mol. The summed E-state index contributed by atoms with van der Waals surface area (Å²) in [7, 11) is 0. The van der Waals surface area contributed by atoms with E-state index in [-0.39, 0.29) is 5.41 Å². The van der Waals surface area contributed by atoms with E-state index in [4.69, 9.17) is 5.73 Å². The minimum atomic E-state index is -0.0464. The molecule has 0 spiro atoms. The van der Waals surface area contributed by atoms with Crippen LogP contribution < -0.4 is 5.73 Å². The summed E-state index contributed by atoms with van der Waals surface area (Å²) in [4.78, 5) is 7.72. The quantitative estimate of drug-likeness (QED) is 0.770. The highest BCUT2D eigenvalue weighted by molar-refractivity contribution is 5.10. The van der Waals surface area contributed by atoms with Crippen LogP contribution in [0, 0.1) is 5.92 Å². The maximum Gasteiger partial charge on any atom is 0.113 e. The minimum absolute atomic E-state index is 0.0464. The Kier molecular flexibility index (Phi) is 3.32. The average Bonchev–Trinajstić information content (AvgIpc) is 2.52. The second-order valence-electron chi connectivity index (χ2n) is 4.94. The molecule has 0 aliphatic heterocycles. The summed E-state index contributed by atoms with van der Waals surface area (Å²) in [6.07, 6.45) is 2.97. The standard InChI is InChI=1S/C11H21N3/c1-8(2)5-9-6-13-10(14-9)11(3,4)7-12/h6,8H,5,7,12H2,1-4H3,(H,13,14). The number of hydrogen-bond donors (Lipinski definition) is 2. The molecule has 1 heterocycles. The lowest BCUT2D eigenvalue weighted by Crippen LogP contribution is -2.29.